The van der Waals surface area contributed by atoms with Crippen molar-refractivity contribution in [3.8, 4) is 11.3 Å². The quantitative estimate of drug-likeness (QED) is 0.782. The standard InChI is InChI=1S/C13H9BrF2N2/c14-12-6-11(17-13(18-12)7-1-2-7)8-3-9(15)5-10(16)4-8/h3-7H,1-2H2. The molecule has 3 rings (SSSR count). The summed E-state index contributed by atoms with van der Waals surface area (Å²) in [7, 11) is 0. The molecule has 5 heteroatoms. The third kappa shape index (κ3) is 2.41. The summed E-state index contributed by atoms with van der Waals surface area (Å²) in [5.41, 5.74) is 0.967. The summed E-state index contributed by atoms with van der Waals surface area (Å²) in [6, 6.07) is 5.06. The minimum Gasteiger partial charge on any atom is -0.233 e. The average molecular weight is 311 g/mol. The van der Waals surface area contributed by atoms with Crippen LogP contribution >= 0.6 is 15.9 Å². The van der Waals surface area contributed by atoms with Gasteiger partial charge in [-0.05, 0) is 47.0 Å². The fourth-order valence-electron chi connectivity index (χ4n) is 1.81. The van der Waals surface area contributed by atoms with Crippen LogP contribution in [0.25, 0.3) is 11.3 Å². The molecule has 0 aliphatic heterocycles. The van der Waals surface area contributed by atoms with Crippen molar-refractivity contribution in [3.63, 3.8) is 0 Å². The molecule has 0 amide bonds. The van der Waals surface area contributed by atoms with E-state index >= 15 is 0 Å². The Hall–Kier alpha value is -1.36. The Morgan fingerprint density at radius 3 is 2.28 bits per heavy atom. The molecule has 1 aliphatic carbocycles. The topological polar surface area (TPSA) is 25.8 Å². The van der Waals surface area contributed by atoms with Gasteiger partial charge >= 0.3 is 0 Å². The maximum atomic E-state index is 13.2. The lowest BCUT2D eigenvalue weighted by atomic mass is 10.1. The highest BCUT2D eigenvalue weighted by Gasteiger charge is 2.27. The molecule has 0 N–H and O–H groups in total. The van der Waals surface area contributed by atoms with E-state index < -0.39 is 11.6 Å². The first-order valence-corrected chi connectivity index (χ1v) is 6.42. The van der Waals surface area contributed by atoms with Gasteiger partial charge in [-0.1, -0.05) is 0 Å². The van der Waals surface area contributed by atoms with Gasteiger partial charge in [0.1, 0.15) is 22.1 Å². The van der Waals surface area contributed by atoms with E-state index in [1.165, 1.54) is 12.1 Å². The molecule has 0 spiro atoms. The maximum Gasteiger partial charge on any atom is 0.133 e. The van der Waals surface area contributed by atoms with Gasteiger partial charge in [-0.25, -0.2) is 18.7 Å². The Balaban J connectivity index is 2.09. The Labute approximate surface area is 111 Å². The van der Waals surface area contributed by atoms with E-state index in [1.54, 1.807) is 6.07 Å². The van der Waals surface area contributed by atoms with Crippen molar-refractivity contribution in [3.05, 3.63) is 46.3 Å². The molecule has 1 saturated carbocycles. The van der Waals surface area contributed by atoms with E-state index in [0.29, 0.717) is 21.8 Å². The molecule has 2 nitrogen and oxygen atoms in total. The molecule has 1 aliphatic rings. The van der Waals surface area contributed by atoms with Gasteiger partial charge in [-0.3, -0.25) is 0 Å². The van der Waals surface area contributed by atoms with Gasteiger partial charge in [0.2, 0.25) is 0 Å². The van der Waals surface area contributed by atoms with Crippen LogP contribution in [0.3, 0.4) is 0 Å². The van der Waals surface area contributed by atoms with Crippen LogP contribution in [0.4, 0.5) is 8.78 Å². The van der Waals surface area contributed by atoms with Gasteiger partial charge < -0.3 is 0 Å². The molecule has 1 heterocycles. The lowest BCUT2D eigenvalue weighted by molar-refractivity contribution is 0.584. The zero-order valence-corrected chi connectivity index (χ0v) is 10.9. The van der Waals surface area contributed by atoms with Gasteiger partial charge in [0.15, 0.2) is 0 Å². The molecule has 1 aromatic carbocycles. The van der Waals surface area contributed by atoms with Crippen molar-refractivity contribution in [1.29, 1.82) is 0 Å². The van der Waals surface area contributed by atoms with E-state index in [9.17, 15) is 8.78 Å². The summed E-state index contributed by atoms with van der Waals surface area (Å²) < 4.78 is 27.0. The summed E-state index contributed by atoms with van der Waals surface area (Å²) in [5, 5.41) is 0. The van der Waals surface area contributed by atoms with Gasteiger partial charge in [0.25, 0.3) is 0 Å². The highest BCUT2D eigenvalue weighted by Crippen LogP contribution is 2.39. The first kappa shape index (κ1) is 11.7. The minimum atomic E-state index is -0.604. The number of halogens is 3. The van der Waals surface area contributed by atoms with Crippen LogP contribution in [0.5, 0.6) is 0 Å². The summed E-state index contributed by atoms with van der Waals surface area (Å²) in [4.78, 5) is 8.66. The molecule has 1 fully saturated rings. The second-order valence-electron chi connectivity index (χ2n) is 4.37. The Kier molecular flexibility index (Phi) is 2.86. The van der Waals surface area contributed by atoms with Gasteiger partial charge in [0.05, 0.1) is 5.69 Å². The smallest absolute Gasteiger partial charge is 0.133 e. The zero-order valence-electron chi connectivity index (χ0n) is 9.33. The second-order valence-corrected chi connectivity index (χ2v) is 5.18. The molecule has 18 heavy (non-hydrogen) atoms. The first-order valence-electron chi connectivity index (χ1n) is 5.63. The summed E-state index contributed by atoms with van der Waals surface area (Å²) >= 11 is 3.30. The normalized spacial score (nSPS) is 14.8. The van der Waals surface area contributed by atoms with Crippen LogP contribution in [0.15, 0.2) is 28.9 Å². The van der Waals surface area contributed by atoms with E-state index in [2.05, 4.69) is 25.9 Å². The lowest BCUT2D eigenvalue weighted by Crippen LogP contribution is -1.96. The number of rotatable bonds is 2. The summed E-state index contributed by atoms with van der Waals surface area (Å²) in [6.45, 7) is 0. The molecule has 0 saturated heterocycles. The summed E-state index contributed by atoms with van der Waals surface area (Å²) in [5.74, 6) is -0.0795. The Morgan fingerprint density at radius 1 is 1.00 bits per heavy atom. The molecule has 1 aromatic heterocycles. The molecular weight excluding hydrogens is 302 g/mol. The second kappa shape index (κ2) is 4.39. The highest BCUT2D eigenvalue weighted by molar-refractivity contribution is 9.10. The Morgan fingerprint density at radius 2 is 1.67 bits per heavy atom. The van der Waals surface area contributed by atoms with Crippen molar-refractivity contribution in [2.24, 2.45) is 0 Å². The lowest BCUT2D eigenvalue weighted by Gasteiger charge is -2.05. The number of nitrogens with zero attached hydrogens (tertiary/aromatic N) is 2. The fraction of sp³-hybridized carbons (Fsp3) is 0.231. The first-order chi connectivity index (χ1) is 8.61. The van der Waals surface area contributed by atoms with Crippen LogP contribution in [0.1, 0.15) is 24.6 Å². The third-order valence-corrected chi connectivity index (χ3v) is 3.22. The predicted molar refractivity (Wildman–Crippen MR) is 67.1 cm³/mol. The molecule has 0 unspecified atom stereocenters. The molecular formula is C13H9BrF2N2. The third-order valence-electron chi connectivity index (χ3n) is 2.81. The number of hydrogen-bond acceptors (Lipinski definition) is 2. The van der Waals surface area contributed by atoms with Crippen molar-refractivity contribution in [1.82, 2.24) is 9.97 Å². The molecule has 92 valence electrons. The van der Waals surface area contributed by atoms with Crippen molar-refractivity contribution < 1.29 is 8.78 Å². The number of benzene rings is 1. The van der Waals surface area contributed by atoms with Crippen LogP contribution in [-0.2, 0) is 0 Å². The van der Waals surface area contributed by atoms with E-state index in [4.69, 9.17) is 0 Å². The molecule has 2 aromatic rings. The van der Waals surface area contributed by atoms with E-state index in [-0.39, 0.29) is 0 Å². The molecule has 0 atom stereocenters. The average Bonchev–Trinajstić information content (AvgIpc) is 3.10. The van der Waals surface area contributed by atoms with Crippen LogP contribution in [-0.4, -0.2) is 9.97 Å². The van der Waals surface area contributed by atoms with Crippen molar-refractivity contribution in [2.45, 2.75) is 18.8 Å². The Bertz CT molecular complexity index is 592. The maximum absolute atomic E-state index is 13.2. The molecule has 0 radical (unpaired) electrons. The zero-order chi connectivity index (χ0) is 12.7. The van der Waals surface area contributed by atoms with E-state index in [1.807, 2.05) is 0 Å². The van der Waals surface area contributed by atoms with Crippen LogP contribution < -0.4 is 0 Å². The van der Waals surface area contributed by atoms with E-state index in [0.717, 1.165) is 24.7 Å². The summed E-state index contributed by atoms with van der Waals surface area (Å²) in [6.07, 6.45) is 2.15. The van der Waals surface area contributed by atoms with Gasteiger partial charge in [0, 0.05) is 17.5 Å². The van der Waals surface area contributed by atoms with Crippen molar-refractivity contribution in [2.75, 3.05) is 0 Å². The largest absolute Gasteiger partial charge is 0.233 e. The minimum absolute atomic E-state index is 0.389. The van der Waals surface area contributed by atoms with Crippen LogP contribution in [0.2, 0.25) is 0 Å². The predicted octanol–water partition coefficient (Wildman–Crippen LogP) is 4.06. The number of hydrogen-bond donors (Lipinski definition) is 0. The van der Waals surface area contributed by atoms with Crippen LogP contribution in [0, 0.1) is 11.6 Å². The van der Waals surface area contributed by atoms with Crippen molar-refractivity contribution >= 4 is 15.9 Å². The van der Waals surface area contributed by atoms with Gasteiger partial charge in [-0.2, -0.15) is 0 Å². The monoisotopic (exact) mass is 310 g/mol. The SMILES string of the molecule is Fc1cc(F)cc(-c2cc(Br)nc(C3CC3)n2)c1. The molecule has 0 bridgehead atoms. The van der Waals surface area contributed by atoms with Gasteiger partial charge in [-0.15, -0.1) is 0 Å². The highest BCUT2D eigenvalue weighted by atomic mass is 79.9. The fourth-order valence-corrected chi connectivity index (χ4v) is 2.21. The number of aromatic nitrogens is 2.